The van der Waals surface area contributed by atoms with Crippen molar-refractivity contribution in [2.24, 2.45) is 0 Å². The van der Waals surface area contributed by atoms with Crippen molar-refractivity contribution in [2.75, 3.05) is 0 Å². The van der Waals surface area contributed by atoms with Crippen LogP contribution in [0.15, 0.2) is 12.1 Å². The van der Waals surface area contributed by atoms with Gasteiger partial charge in [0.15, 0.2) is 0 Å². The van der Waals surface area contributed by atoms with Crippen LogP contribution in [0.5, 0.6) is 0 Å². The maximum atomic E-state index is 12.4. The fourth-order valence-electron chi connectivity index (χ4n) is 0.990. The minimum atomic E-state index is -2.67. The monoisotopic (exact) mass is 193 g/mol. The zero-order chi connectivity index (χ0) is 10.6. The Balaban J connectivity index is 3.20. The third-order valence-corrected chi connectivity index (χ3v) is 1.61. The molecule has 3 nitrogen and oxygen atoms in total. The molecule has 0 aliphatic rings. The molecule has 1 aromatic rings. The number of halogens is 2. The second kappa shape index (κ2) is 4.29. The molecular weight excluding hydrogens is 188 g/mol. The van der Waals surface area contributed by atoms with Crippen LogP contribution < -0.4 is 0 Å². The molecule has 0 aromatic carbocycles. The lowest BCUT2D eigenvalue weighted by molar-refractivity contribution is 0.150. The number of alkyl halides is 2. The topological polar surface area (TPSA) is 60.5 Å². The van der Waals surface area contributed by atoms with Gasteiger partial charge in [0.25, 0.3) is 6.43 Å². The van der Waals surface area contributed by atoms with Gasteiger partial charge in [-0.3, -0.25) is 0 Å². The van der Waals surface area contributed by atoms with E-state index in [-0.39, 0.29) is 23.4 Å². The lowest BCUT2D eigenvalue weighted by Gasteiger charge is -2.04. The smallest absolute Gasteiger partial charge is 0.241 e. The van der Waals surface area contributed by atoms with Crippen LogP contribution in [0.4, 0.5) is 8.78 Å². The Morgan fingerprint density at radius 3 is 2.57 bits per heavy atom. The number of hydrogen-bond donors (Lipinski definition) is 0. The van der Waals surface area contributed by atoms with Crippen molar-refractivity contribution < 1.29 is 8.78 Å². The van der Waals surface area contributed by atoms with Crippen LogP contribution in [0.25, 0.3) is 0 Å². The number of pyridine rings is 1. The molecule has 0 atom stereocenters. The average molecular weight is 193 g/mol. The van der Waals surface area contributed by atoms with Crippen LogP contribution in [-0.2, 0) is 6.42 Å². The van der Waals surface area contributed by atoms with Crippen molar-refractivity contribution in [2.45, 2.75) is 12.8 Å². The third-order valence-electron chi connectivity index (χ3n) is 1.61. The summed E-state index contributed by atoms with van der Waals surface area (Å²) in [4.78, 5) is 3.64. The van der Waals surface area contributed by atoms with Crippen LogP contribution in [0.3, 0.4) is 0 Å². The van der Waals surface area contributed by atoms with Gasteiger partial charge >= 0.3 is 0 Å². The molecular formula is C9H5F2N3. The molecule has 0 aliphatic carbocycles. The fourth-order valence-corrected chi connectivity index (χ4v) is 0.990. The summed E-state index contributed by atoms with van der Waals surface area (Å²) in [6.45, 7) is 0. The van der Waals surface area contributed by atoms with E-state index in [2.05, 4.69) is 4.98 Å². The van der Waals surface area contributed by atoms with Gasteiger partial charge in [-0.05, 0) is 12.1 Å². The first-order chi connectivity index (χ1) is 6.69. The molecule has 0 saturated heterocycles. The molecule has 0 aliphatic heterocycles. The molecule has 5 heteroatoms. The highest BCUT2D eigenvalue weighted by Gasteiger charge is 2.14. The molecule has 0 spiro atoms. The number of nitriles is 2. The van der Waals surface area contributed by atoms with E-state index < -0.39 is 6.43 Å². The van der Waals surface area contributed by atoms with E-state index in [0.29, 0.717) is 0 Å². The van der Waals surface area contributed by atoms with E-state index in [0.717, 1.165) is 6.07 Å². The number of rotatable bonds is 2. The summed E-state index contributed by atoms with van der Waals surface area (Å²) in [5.41, 5.74) is -0.272. The first-order valence-corrected chi connectivity index (χ1v) is 3.74. The molecule has 0 fully saturated rings. The van der Waals surface area contributed by atoms with Gasteiger partial charge in [0.05, 0.1) is 18.2 Å². The quantitative estimate of drug-likeness (QED) is 0.721. The van der Waals surface area contributed by atoms with Crippen molar-refractivity contribution in [3.05, 3.63) is 29.1 Å². The summed E-state index contributed by atoms with van der Waals surface area (Å²) in [5.74, 6) is 0. The van der Waals surface area contributed by atoms with Crippen LogP contribution >= 0.6 is 0 Å². The van der Waals surface area contributed by atoms with Gasteiger partial charge in [-0.2, -0.15) is 10.5 Å². The minimum absolute atomic E-state index is 0.0263. The zero-order valence-corrected chi connectivity index (χ0v) is 7.04. The molecule has 0 radical (unpaired) electrons. The summed E-state index contributed by atoms with van der Waals surface area (Å²) < 4.78 is 24.7. The molecule has 1 aromatic heterocycles. The second-order valence-corrected chi connectivity index (χ2v) is 2.48. The van der Waals surface area contributed by atoms with Gasteiger partial charge in [-0.1, -0.05) is 0 Å². The highest BCUT2D eigenvalue weighted by atomic mass is 19.3. The van der Waals surface area contributed by atoms with E-state index in [9.17, 15) is 8.78 Å². The average Bonchev–Trinajstić information content (AvgIpc) is 2.17. The third kappa shape index (κ3) is 2.02. The maximum absolute atomic E-state index is 12.4. The van der Waals surface area contributed by atoms with Gasteiger partial charge in [0.2, 0.25) is 0 Å². The van der Waals surface area contributed by atoms with Gasteiger partial charge in [-0.25, -0.2) is 13.8 Å². The van der Waals surface area contributed by atoms with Gasteiger partial charge in [-0.15, -0.1) is 0 Å². The number of hydrogen-bond acceptors (Lipinski definition) is 3. The van der Waals surface area contributed by atoms with Gasteiger partial charge < -0.3 is 0 Å². The van der Waals surface area contributed by atoms with E-state index in [4.69, 9.17) is 10.5 Å². The molecule has 0 amide bonds. The number of aromatic nitrogens is 1. The van der Waals surface area contributed by atoms with Crippen molar-refractivity contribution in [1.29, 1.82) is 10.5 Å². The number of nitrogens with zero attached hydrogens (tertiary/aromatic N) is 3. The predicted molar refractivity (Wildman–Crippen MR) is 43.2 cm³/mol. The van der Waals surface area contributed by atoms with E-state index in [1.165, 1.54) is 6.07 Å². The zero-order valence-electron chi connectivity index (χ0n) is 7.04. The van der Waals surface area contributed by atoms with Crippen molar-refractivity contribution in [3.63, 3.8) is 0 Å². The summed E-state index contributed by atoms with van der Waals surface area (Å²) >= 11 is 0. The molecule has 0 N–H and O–H groups in total. The van der Waals surface area contributed by atoms with E-state index in [1.807, 2.05) is 0 Å². The van der Waals surface area contributed by atoms with Crippen LogP contribution in [0, 0.1) is 22.7 Å². The van der Waals surface area contributed by atoms with Crippen molar-refractivity contribution in [3.8, 4) is 12.1 Å². The Morgan fingerprint density at radius 2 is 2.07 bits per heavy atom. The van der Waals surface area contributed by atoms with E-state index in [1.54, 1.807) is 12.1 Å². The maximum Gasteiger partial charge on any atom is 0.265 e. The molecule has 0 saturated carbocycles. The first kappa shape index (κ1) is 10.1. The summed E-state index contributed by atoms with van der Waals surface area (Å²) in [7, 11) is 0. The minimum Gasteiger partial charge on any atom is -0.241 e. The summed E-state index contributed by atoms with van der Waals surface area (Å²) in [5, 5.41) is 16.8. The lowest BCUT2D eigenvalue weighted by atomic mass is 10.1. The van der Waals surface area contributed by atoms with Crippen LogP contribution in [0.2, 0.25) is 0 Å². The van der Waals surface area contributed by atoms with Crippen LogP contribution in [0.1, 0.15) is 23.4 Å². The normalized spacial score (nSPS) is 9.50. The lowest BCUT2D eigenvalue weighted by Crippen LogP contribution is -1.99. The van der Waals surface area contributed by atoms with Gasteiger partial charge in [0.1, 0.15) is 11.8 Å². The molecule has 0 unspecified atom stereocenters. The summed E-state index contributed by atoms with van der Waals surface area (Å²) in [6.07, 6.45) is -2.88. The highest BCUT2D eigenvalue weighted by Crippen LogP contribution is 2.22. The standard InChI is InChI=1S/C9H5F2N3/c10-9(11)7-2-1-6(5-13)14-8(7)3-4-12/h1-2,9H,3H2. The second-order valence-electron chi connectivity index (χ2n) is 2.48. The Bertz CT molecular complexity index is 415. The van der Waals surface area contributed by atoms with Gasteiger partial charge in [0, 0.05) is 5.56 Å². The SMILES string of the molecule is N#CCc1nc(C#N)ccc1C(F)F. The molecule has 0 bridgehead atoms. The fraction of sp³-hybridized carbons (Fsp3) is 0.222. The molecule has 14 heavy (non-hydrogen) atoms. The van der Waals surface area contributed by atoms with Crippen molar-refractivity contribution in [1.82, 2.24) is 4.98 Å². The predicted octanol–water partition coefficient (Wildman–Crippen LogP) is 1.96. The Labute approximate surface area is 79.2 Å². The largest absolute Gasteiger partial charge is 0.265 e. The molecule has 1 heterocycles. The molecule has 1 rings (SSSR count). The first-order valence-electron chi connectivity index (χ1n) is 3.74. The Kier molecular flexibility index (Phi) is 3.09. The Morgan fingerprint density at radius 1 is 1.36 bits per heavy atom. The summed E-state index contributed by atoms with van der Waals surface area (Å²) in [6, 6.07) is 5.79. The van der Waals surface area contributed by atoms with E-state index >= 15 is 0 Å². The Hall–Kier alpha value is -2.01. The van der Waals surface area contributed by atoms with Crippen molar-refractivity contribution >= 4 is 0 Å². The highest BCUT2D eigenvalue weighted by molar-refractivity contribution is 5.31. The molecule has 70 valence electrons. The van der Waals surface area contributed by atoms with Crippen LogP contribution in [-0.4, -0.2) is 4.98 Å².